The largest absolute Gasteiger partial charge is 0.376 e. The highest BCUT2D eigenvalue weighted by atomic mass is 35.5. The molecule has 1 atom stereocenters. The molecule has 9 heteroatoms. The monoisotopic (exact) mass is 499 g/mol. The van der Waals surface area contributed by atoms with Crippen molar-refractivity contribution in [2.75, 3.05) is 18.9 Å². The lowest BCUT2D eigenvalue weighted by Gasteiger charge is -2.16. The number of nitrogens with zero attached hydrogens (tertiary/aromatic N) is 2. The summed E-state index contributed by atoms with van der Waals surface area (Å²) >= 11 is 7.13. The number of halogens is 1. The van der Waals surface area contributed by atoms with E-state index >= 15 is 0 Å². The standard InChI is InChI=1S/C25H26ClN3O4S/c1-2-11-27-23(31)17-7-10-20-21(13-17)28-25(29(24(20)32)14-19-4-3-12-33-19)34-15-22(30)16-5-8-18(26)9-6-16/h5-10,13,19H,2-4,11-12,14-15H2,1H3,(H,27,31)/t19-/m0/s1. The number of ether oxygens (including phenoxy) is 1. The number of benzene rings is 2. The fourth-order valence-electron chi connectivity index (χ4n) is 3.79. The van der Waals surface area contributed by atoms with Crippen LogP contribution in [0.3, 0.4) is 0 Å². The van der Waals surface area contributed by atoms with Crippen LogP contribution in [0.2, 0.25) is 5.02 Å². The number of rotatable bonds is 9. The molecular weight excluding hydrogens is 474 g/mol. The fraction of sp³-hybridized carbons (Fsp3) is 0.360. The molecule has 1 amide bonds. The predicted octanol–water partition coefficient (Wildman–Crippen LogP) is 4.34. The molecule has 1 saturated heterocycles. The SMILES string of the molecule is CCCNC(=O)c1ccc2c(=O)n(C[C@@H]3CCCO3)c(SCC(=O)c3ccc(Cl)cc3)nc2c1. The average molecular weight is 500 g/mol. The van der Waals surface area contributed by atoms with Crippen molar-refractivity contribution in [1.82, 2.24) is 14.9 Å². The second-order valence-electron chi connectivity index (χ2n) is 8.15. The number of fused-ring (bicyclic) bond motifs is 1. The van der Waals surface area contributed by atoms with Gasteiger partial charge in [-0.25, -0.2) is 4.98 Å². The van der Waals surface area contributed by atoms with Crippen molar-refractivity contribution >= 4 is 46.0 Å². The van der Waals surface area contributed by atoms with Gasteiger partial charge in [0, 0.05) is 29.3 Å². The van der Waals surface area contributed by atoms with Gasteiger partial charge in [0.15, 0.2) is 10.9 Å². The van der Waals surface area contributed by atoms with Gasteiger partial charge in [-0.1, -0.05) is 30.3 Å². The molecule has 1 fully saturated rings. The Morgan fingerprint density at radius 1 is 1.21 bits per heavy atom. The highest BCUT2D eigenvalue weighted by Crippen LogP contribution is 2.23. The molecule has 1 aromatic heterocycles. The number of hydrogen-bond acceptors (Lipinski definition) is 6. The van der Waals surface area contributed by atoms with E-state index in [-0.39, 0.29) is 29.1 Å². The van der Waals surface area contributed by atoms with E-state index in [1.54, 1.807) is 47.0 Å². The number of carbonyl (C=O) groups is 2. The van der Waals surface area contributed by atoms with Crippen LogP contribution in [0.25, 0.3) is 10.9 Å². The topological polar surface area (TPSA) is 90.3 Å². The van der Waals surface area contributed by atoms with Gasteiger partial charge in [0.2, 0.25) is 0 Å². The third-order valence-corrected chi connectivity index (χ3v) is 6.86. The van der Waals surface area contributed by atoms with Crippen molar-refractivity contribution in [2.24, 2.45) is 0 Å². The van der Waals surface area contributed by atoms with Crippen molar-refractivity contribution in [1.29, 1.82) is 0 Å². The fourth-order valence-corrected chi connectivity index (χ4v) is 4.82. The summed E-state index contributed by atoms with van der Waals surface area (Å²) in [5.74, 6) is -0.185. The normalized spacial score (nSPS) is 15.5. The Bertz CT molecular complexity index is 1250. The number of ketones is 1. The Morgan fingerprint density at radius 3 is 2.68 bits per heavy atom. The van der Waals surface area contributed by atoms with Gasteiger partial charge in [-0.3, -0.25) is 19.0 Å². The van der Waals surface area contributed by atoms with Crippen LogP contribution in [0.1, 0.15) is 46.9 Å². The van der Waals surface area contributed by atoms with E-state index < -0.39 is 0 Å². The Labute approximate surface area is 206 Å². The molecule has 0 bridgehead atoms. The lowest BCUT2D eigenvalue weighted by Crippen LogP contribution is -2.29. The van der Waals surface area contributed by atoms with Gasteiger partial charge in [-0.15, -0.1) is 0 Å². The van der Waals surface area contributed by atoms with Crippen molar-refractivity contribution in [3.63, 3.8) is 0 Å². The zero-order valence-corrected chi connectivity index (χ0v) is 20.5. The van der Waals surface area contributed by atoms with Crippen LogP contribution in [-0.4, -0.2) is 46.2 Å². The Kier molecular flexibility index (Phi) is 8.03. The summed E-state index contributed by atoms with van der Waals surface area (Å²) in [5.41, 5.74) is 1.21. The summed E-state index contributed by atoms with van der Waals surface area (Å²) < 4.78 is 7.34. The Hall–Kier alpha value is -2.68. The number of hydrogen-bond donors (Lipinski definition) is 1. The minimum absolute atomic E-state index is 0.0673. The molecule has 2 heterocycles. The van der Waals surface area contributed by atoms with Gasteiger partial charge in [0.1, 0.15) is 0 Å². The van der Waals surface area contributed by atoms with E-state index in [9.17, 15) is 14.4 Å². The number of nitrogens with one attached hydrogen (secondary N) is 1. The van der Waals surface area contributed by atoms with Crippen LogP contribution >= 0.6 is 23.4 Å². The van der Waals surface area contributed by atoms with Gasteiger partial charge in [0.05, 0.1) is 29.3 Å². The molecule has 2 aromatic carbocycles. The second-order valence-corrected chi connectivity index (χ2v) is 9.53. The number of carbonyl (C=O) groups excluding carboxylic acids is 2. The highest BCUT2D eigenvalue weighted by Gasteiger charge is 2.21. The molecule has 1 aliphatic rings. The summed E-state index contributed by atoms with van der Waals surface area (Å²) in [4.78, 5) is 43.2. The van der Waals surface area contributed by atoms with Crippen molar-refractivity contribution in [2.45, 2.75) is 44.0 Å². The van der Waals surface area contributed by atoms with Crippen molar-refractivity contribution in [3.05, 3.63) is 69.0 Å². The summed E-state index contributed by atoms with van der Waals surface area (Å²) in [5, 5.41) is 4.26. The molecule has 7 nitrogen and oxygen atoms in total. The third-order valence-electron chi connectivity index (χ3n) is 5.63. The van der Waals surface area contributed by atoms with E-state index in [1.807, 2.05) is 6.92 Å². The maximum atomic E-state index is 13.4. The van der Waals surface area contributed by atoms with Gasteiger partial charge < -0.3 is 10.1 Å². The first-order valence-corrected chi connectivity index (χ1v) is 12.7. The van der Waals surface area contributed by atoms with Crippen LogP contribution in [0, 0.1) is 0 Å². The molecule has 0 unspecified atom stereocenters. The zero-order valence-electron chi connectivity index (χ0n) is 18.9. The maximum Gasteiger partial charge on any atom is 0.262 e. The minimum Gasteiger partial charge on any atom is -0.376 e. The maximum absolute atomic E-state index is 13.4. The first-order chi connectivity index (χ1) is 16.5. The number of aromatic nitrogens is 2. The van der Waals surface area contributed by atoms with Gasteiger partial charge in [0.25, 0.3) is 11.5 Å². The molecule has 178 valence electrons. The summed E-state index contributed by atoms with van der Waals surface area (Å²) in [6, 6.07) is 11.6. The van der Waals surface area contributed by atoms with Crippen LogP contribution < -0.4 is 10.9 Å². The molecule has 3 aromatic rings. The van der Waals surface area contributed by atoms with Gasteiger partial charge in [-0.05, 0) is 61.7 Å². The lowest BCUT2D eigenvalue weighted by atomic mass is 10.1. The number of amides is 1. The van der Waals surface area contributed by atoms with E-state index in [0.717, 1.165) is 19.3 Å². The number of Topliss-reactive ketones (excluding diaryl/α,β-unsaturated/α-hetero) is 1. The number of thioether (sulfide) groups is 1. The second kappa shape index (κ2) is 11.2. The molecule has 4 rings (SSSR count). The summed E-state index contributed by atoms with van der Waals surface area (Å²) in [7, 11) is 0. The first-order valence-electron chi connectivity index (χ1n) is 11.3. The third kappa shape index (κ3) is 5.68. The van der Waals surface area contributed by atoms with Crippen LogP contribution in [0.4, 0.5) is 0 Å². The lowest BCUT2D eigenvalue weighted by molar-refractivity contribution is 0.0937. The Morgan fingerprint density at radius 2 is 1.97 bits per heavy atom. The molecule has 0 radical (unpaired) electrons. The van der Waals surface area contributed by atoms with Gasteiger partial charge >= 0.3 is 0 Å². The molecule has 0 spiro atoms. The van der Waals surface area contributed by atoms with E-state index in [1.165, 1.54) is 11.8 Å². The van der Waals surface area contributed by atoms with E-state index in [0.29, 0.717) is 51.9 Å². The summed E-state index contributed by atoms with van der Waals surface area (Å²) in [6.07, 6.45) is 2.58. The predicted molar refractivity (Wildman–Crippen MR) is 134 cm³/mol. The molecule has 1 aliphatic heterocycles. The quantitative estimate of drug-likeness (QED) is 0.267. The average Bonchev–Trinajstić information content (AvgIpc) is 3.36. The van der Waals surface area contributed by atoms with Crippen LogP contribution in [0.5, 0.6) is 0 Å². The Balaban J connectivity index is 1.66. The van der Waals surface area contributed by atoms with Gasteiger partial charge in [-0.2, -0.15) is 0 Å². The molecule has 0 saturated carbocycles. The molecular formula is C25H26ClN3O4S. The van der Waals surface area contributed by atoms with E-state index in [2.05, 4.69) is 5.32 Å². The summed E-state index contributed by atoms with van der Waals surface area (Å²) in [6.45, 7) is 3.60. The minimum atomic E-state index is -0.207. The molecule has 1 N–H and O–H groups in total. The smallest absolute Gasteiger partial charge is 0.262 e. The molecule has 34 heavy (non-hydrogen) atoms. The highest BCUT2D eigenvalue weighted by molar-refractivity contribution is 7.99. The van der Waals surface area contributed by atoms with Crippen molar-refractivity contribution < 1.29 is 14.3 Å². The molecule has 0 aliphatic carbocycles. The van der Waals surface area contributed by atoms with E-state index in [4.69, 9.17) is 21.3 Å². The van der Waals surface area contributed by atoms with Crippen LogP contribution in [-0.2, 0) is 11.3 Å². The van der Waals surface area contributed by atoms with Crippen LogP contribution in [0.15, 0.2) is 52.4 Å². The first kappa shape index (κ1) is 24.4. The van der Waals surface area contributed by atoms with Crippen molar-refractivity contribution in [3.8, 4) is 0 Å². The zero-order chi connectivity index (χ0) is 24.1.